The highest BCUT2D eigenvalue weighted by Crippen LogP contribution is 2.28. The van der Waals surface area contributed by atoms with E-state index in [1.165, 1.54) is 6.20 Å². The van der Waals surface area contributed by atoms with E-state index in [2.05, 4.69) is 26.2 Å². The van der Waals surface area contributed by atoms with E-state index in [-0.39, 0.29) is 0 Å². The maximum absolute atomic E-state index is 13.2. The molecule has 0 unspecified atom stereocenters. The molecule has 1 N–H and O–H groups in total. The average Bonchev–Trinajstić information content (AvgIpc) is 2.30. The molecule has 1 aromatic rings. The number of alkyl halides is 2. The summed E-state index contributed by atoms with van der Waals surface area (Å²) in [5.74, 6) is 0. The lowest BCUT2D eigenvalue weighted by Gasteiger charge is -2.34. The lowest BCUT2D eigenvalue weighted by atomic mass is 10.1. The van der Waals surface area contributed by atoms with Gasteiger partial charge in [-0.3, -0.25) is 9.88 Å². The SMILES string of the molecule is FC(F)[C@H](c1cncc(Br)c1)N1CCNCC1. The van der Waals surface area contributed by atoms with E-state index in [0.717, 1.165) is 17.6 Å². The minimum Gasteiger partial charge on any atom is -0.314 e. The van der Waals surface area contributed by atoms with Crippen LogP contribution in [0.2, 0.25) is 0 Å². The molecule has 0 amide bonds. The van der Waals surface area contributed by atoms with Crippen LogP contribution in [0.1, 0.15) is 11.6 Å². The highest BCUT2D eigenvalue weighted by Gasteiger charge is 2.30. The van der Waals surface area contributed by atoms with Crippen LogP contribution in [-0.4, -0.2) is 42.5 Å². The molecule has 0 saturated carbocycles. The smallest absolute Gasteiger partial charge is 0.258 e. The molecule has 2 rings (SSSR count). The molecule has 0 radical (unpaired) electrons. The molecular formula is C11H14BrF2N3. The Morgan fingerprint density at radius 3 is 2.59 bits per heavy atom. The monoisotopic (exact) mass is 305 g/mol. The molecule has 1 saturated heterocycles. The number of rotatable bonds is 3. The second kappa shape index (κ2) is 5.84. The van der Waals surface area contributed by atoms with E-state index < -0.39 is 12.5 Å². The molecule has 0 bridgehead atoms. The zero-order chi connectivity index (χ0) is 12.3. The molecule has 1 aliphatic rings. The number of nitrogens with zero attached hydrogens (tertiary/aromatic N) is 2. The maximum Gasteiger partial charge on any atom is 0.258 e. The third-order valence-electron chi connectivity index (χ3n) is 2.85. The Morgan fingerprint density at radius 2 is 2.00 bits per heavy atom. The Bertz CT molecular complexity index is 369. The average molecular weight is 306 g/mol. The van der Waals surface area contributed by atoms with Gasteiger partial charge in [0.2, 0.25) is 0 Å². The number of piperazine rings is 1. The van der Waals surface area contributed by atoms with Crippen molar-refractivity contribution >= 4 is 15.9 Å². The van der Waals surface area contributed by atoms with Crippen molar-refractivity contribution in [3.63, 3.8) is 0 Å². The van der Waals surface area contributed by atoms with Crippen LogP contribution < -0.4 is 5.32 Å². The molecule has 0 aromatic carbocycles. The Morgan fingerprint density at radius 1 is 1.29 bits per heavy atom. The van der Waals surface area contributed by atoms with E-state index >= 15 is 0 Å². The third-order valence-corrected chi connectivity index (χ3v) is 3.28. The van der Waals surface area contributed by atoms with Crippen molar-refractivity contribution in [3.8, 4) is 0 Å². The lowest BCUT2D eigenvalue weighted by Crippen LogP contribution is -2.46. The highest BCUT2D eigenvalue weighted by molar-refractivity contribution is 9.10. The fourth-order valence-corrected chi connectivity index (χ4v) is 2.45. The van der Waals surface area contributed by atoms with Gasteiger partial charge in [0.25, 0.3) is 6.43 Å². The second-order valence-electron chi connectivity index (χ2n) is 4.00. The summed E-state index contributed by atoms with van der Waals surface area (Å²) in [6.45, 7) is 2.79. The summed E-state index contributed by atoms with van der Waals surface area (Å²) in [6, 6.07) is 0.855. The number of halogens is 3. The molecular weight excluding hydrogens is 292 g/mol. The Hall–Kier alpha value is -0.590. The normalized spacial score (nSPS) is 19.5. The Kier molecular flexibility index (Phi) is 4.42. The van der Waals surface area contributed by atoms with Crippen LogP contribution in [0.15, 0.2) is 22.9 Å². The fraction of sp³-hybridized carbons (Fsp3) is 0.545. The topological polar surface area (TPSA) is 28.2 Å². The Labute approximate surface area is 107 Å². The zero-order valence-electron chi connectivity index (χ0n) is 9.24. The first-order valence-corrected chi connectivity index (χ1v) is 6.31. The van der Waals surface area contributed by atoms with Crippen molar-refractivity contribution in [1.82, 2.24) is 15.2 Å². The van der Waals surface area contributed by atoms with Gasteiger partial charge >= 0.3 is 0 Å². The van der Waals surface area contributed by atoms with Crippen molar-refractivity contribution < 1.29 is 8.78 Å². The van der Waals surface area contributed by atoms with Crippen molar-refractivity contribution in [2.45, 2.75) is 12.5 Å². The summed E-state index contributed by atoms with van der Waals surface area (Å²) in [7, 11) is 0. The molecule has 1 aromatic heterocycles. The van der Waals surface area contributed by atoms with Crippen molar-refractivity contribution in [3.05, 3.63) is 28.5 Å². The molecule has 2 heterocycles. The van der Waals surface area contributed by atoms with Gasteiger partial charge in [-0.2, -0.15) is 0 Å². The molecule has 3 nitrogen and oxygen atoms in total. The van der Waals surface area contributed by atoms with Crippen LogP contribution >= 0.6 is 15.9 Å². The highest BCUT2D eigenvalue weighted by atomic mass is 79.9. The fourth-order valence-electron chi connectivity index (χ4n) is 2.07. The minimum atomic E-state index is -2.40. The minimum absolute atomic E-state index is 0.566. The third kappa shape index (κ3) is 3.20. The van der Waals surface area contributed by atoms with Gasteiger partial charge in [0.15, 0.2) is 0 Å². The van der Waals surface area contributed by atoms with Gasteiger partial charge in [-0.15, -0.1) is 0 Å². The first kappa shape index (κ1) is 12.9. The van der Waals surface area contributed by atoms with Crippen LogP contribution in [0.3, 0.4) is 0 Å². The van der Waals surface area contributed by atoms with Crippen LogP contribution in [0.4, 0.5) is 8.78 Å². The number of pyridine rings is 1. The van der Waals surface area contributed by atoms with E-state index in [0.29, 0.717) is 18.7 Å². The summed E-state index contributed by atoms with van der Waals surface area (Å²) in [5.41, 5.74) is 0.566. The van der Waals surface area contributed by atoms with Gasteiger partial charge in [0, 0.05) is 43.0 Å². The summed E-state index contributed by atoms with van der Waals surface area (Å²) in [6.07, 6.45) is 0.720. The van der Waals surface area contributed by atoms with Crippen LogP contribution in [0.5, 0.6) is 0 Å². The van der Waals surface area contributed by atoms with E-state index in [1.54, 1.807) is 12.3 Å². The van der Waals surface area contributed by atoms with Gasteiger partial charge < -0.3 is 5.32 Å². The molecule has 0 spiro atoms. The van der Waals surface area contributed by atoms with E-state index in [4.69, 9.17) is 0 Å². The summed E-state index contributed by atoms with van der Waals surface area (Å²) >= 11 is 3.27. The lowest BCUT2D eigenvalue weighted by molar-refractivity contribution is 0.0180. The first-order chi connectivity index (χ1) is 8.18. The van der Waals surface area contributed by atoms with Crippen LogP contribution in [0.25, 0.3) is 0 Å². The zero-order valence-corrected chi connectivity index (χ0v) is 10.8. The van der Waals surface area contributed by atoms with Gasteiger partial charge in [-0.05, 0) is 27.6 Å². The predicted molar refractivity (Wildman–Crippen MR) is 65.1 cm³/mol. The van der Waals surface area contributed by atoms with Gasteiger partial charge in [-0.25, -0.2) is 8.78 Å². The van der Waals surface area contributed by atoms with Gasteiger partial charge in [-0.1, -0.05) is 0 Å². The summed E-state index contributed by atoms with van der Waals surface area (Å²) < 4.78 is 27.1. The quantitative estimate of drug-likeness (QED) is 0.926. The summed E-state index contributed by atoms with van der Waals surface area (Å²) in [5, 5.41) is 3.16. The molecule has 17 heavy (non-hydrogen) atoms. The van der Waals surface area contributed by atoms with Gasteiger partial charge in [0.05, 0.1) is 6.04 Å². The van der Waals surface area contributed by atoms with Crippen molar-refractivity contribution in [1.29, 1.82) is 0 Å². The van der Waals surface area contributed by atoms with Gasteiger partial charge in [0.1, 0.15) is 0 Å². The molecule has 1 atom stereocenters. The van der Waals surface area contributed by atoms with Crippen LogP contribution in [0, 0.1) is 0 Å². The Balaban J connectivity index is 2.21. The number of hydrogen-bond acceptors (Lipinski definition) is 3. The van der Waals surface area contributed by atoms with E-state index in [9.17, 15) is 8.78 Å². The molecule has 94 valence electrons. The molecule has 1 fully saturated rings. The molecule has 1 aliphatic heterocycles. The predicted octanol–water partition coefficient (Wildman–Crippen LogP) is 2.06. The van der Waals surface area contributed by atoms with E-state index in [1.807, 2.05) is 4.90 Å². The molecule has 6 heteroatoms. The summed E-state index contributed by atoms with van der Waals surface area (Å²) in [4.78, 5) is 5.77. The second-order valence-corrected chi connectivity index (χ2v) is 4.92. The largest absolute Gasteiger partial charge is 0.314 e. The number of aromatic nitrogens is 1. The van der Waals surface area contributed by atoms with Crippen LogP contribution in [-0.2, 0) is 0 Å². The number of nitrogens with one attached hydrogen (secondary N) is 1. The number of hydrogen-bond donors (Lipinski definition) is 1. The maximum atomic E-state index is 13.2. The standard InChI is InChI=1S/C11H14BrF2N3/c12-9-5-8(6-16-7-9)10(11(13)14)17-3-1-15-2-4-17/h5-7,10-11,15H,1-4H2/t10-/m0/s1. The molecule has 0 aliphatic carbocycles. The van der Waals surface area contributed by atoms with Crippen molar-refractivity contribution in [2.75, 3.05) is 26.2 Å². The van der Waals surface area contributed by atoms with Crippen molar-refractivity contribution in [2.24, 2.45) is 0 Å². The first-order valence-electron chi connectivity index (χ1n) is 5.52.